The zero-order valence-corrected chi connectivity index (χ0v) is 11.9. The fourth-order valence-corrected chi connectivity index (χ4v) is 2.60. The molecule has 1 unspecified atom stereocenters. The molecule has 0 saturated carbocycles. The number of likely N-dealkylation sites (tertiary alicyclic amines) is 1. The highest BCUT2D eigenvalue weighted by Gasteiger charge is 2.42. The first-order valence-electron chi connectivity index (χ1n) is 6.79. The van der Waals surface area contributed by atoms with Crippen molar-refractivity contribution in [2.45, 2.75) is 20.3 Å². The average molecular weight is 288 g/mol. The van der Waals surface area contributed by atoms with Gasteiger partial charge in [-0.3, -0.25) is 9.59 Å². The molecule has 110 valence electrons. The summed E-state index contributed by atoms with van der Waals surface area (Å²) in [6, 6.07) is 5.21. The maximum Gasteiger partial charge on any atom is 0.311 e. The Labute approximate surface area is 121 Å². The minimum absolute atomic E-state index is 0.199. The van der Waals surface area contributed by atoms with Crippen LogP contribution < -0.4 is 0 Å². The lowest BCUT2D eigenvalue weighted by Crippen LogP contribution is -2.34. The molecule has 3 heterocycles. The van der Waals surface area contributed by atoms with Gasteiger partial charge in [0.1, 0.15) is 5.52 Å². The highest BCUT2D eigenvalue weighted by molar-refractivity contribution is 5.96. The van der Waals surface area contributed by atoms with Gasteiger partial charge in [-0.2, -0.15) is 0 Å². The molecule has 0 aromatic carbocycles. The lowest BCUT2D eigenvalue weighted by Gasteiger charge is -2.19. The summed E-state index contributed by atoms with van der Waals surface area (Å²) < 4.78 is 5.52. The highest BCUT2D eigenvalue weighted by Crippen LogP contribution is 2.31. The summed E-state index contributed by atoms with van der Waals surface area (Å²) in [4.78, 5) is 29.5. The average Bonchev–Trinajstić information content (AvgIpc) is 3.02. The molecule has 0 bridgehead atoms. The van der Waals surface area contributed by atoms with E-state index in [4.69, 9.17) is 4.42 Å². The third kappa shape index (κ3) is 2.26. The summed E-state index contributed by atoms with van der Waals surface area (Å²) in [5, 5.41) is 9.22. The van der Waals surface area contributed by atoms with Gasteiger partial charge in [0.15, 0.2) is 11.3 Å². The Bertz CT molecular complexity index is 736. The van der Waals surface area contributed by atoms with Gasteiger partial charge in [-0.05, 0) is 32.4 Å². The Morgan fingerprint density at radius 1 is 1.43 bits per heavy atom. The molecule has 0 aliphatic carbocycles. The number of hydrogen-bond donors (Lipinski definition) is 1. The van der Waals surface area contributed by atoms with Crippen molar-refractivity contribution < 1.29 is 19.1 Å². The summed E-state index contributed by atoms with van der Waals surface area (Å²) in [5.41, 5.74) is 1.17. The minimum atomic E-state index is -0.878. The van der Waals surface area contributed by atoms with Crippen LogP contribution in [0.5, 0.6) is 0 Å². The number of aryl methyl sites for hydroxylation is 1. The predicted octanol–water partition coefficient (Wildman–Crippen LogP) is 2.07. The number of pyridine rings is 1. The molecule has 6 heteroatoms. The molecule has 2 aromatic heterocycles. The second-order valence-corrected chi connectivity index (χ2v) is 5.79. The SMILES string of the molecule is Cc1ccc2oc(C(=O)N3CCC(C)(C(=O)O)C3)cc2n1. The first kappa shape index (κ1) is 13.6. The molecule has 6 nitrogen and oxygen atoms in total. The van der Waals surface area contributed by atoms with Gasteiger partial charge < -0.3 is 14.4 Å². The van der Waals surface area contributed by atoms with Gasteiger partial charge in [-0.25, -0.2) is 4.98 Å². The van der Waals surface area contributed by atoms with E-state index in [2.05, 4.69) is 4.98 Å². The Hall–Kier alpha value is -2.37. The van der Waals surface area contributed by atoms with Gasteiger partial charge >= 0.3 is 5.97 Å². The van der Waals surface area contributed by atoms with Gasteiger partial charge in [0.25, 0.3) is 5.91 Å². The number of rotatable bonds is 2. The van der Waals surface area contributed by atoms with Crippen LogP contribution in [0.1, 0.15) is 29.6 Å². The van der Waals surface area contributed by atoms with Crippen LogP contribution in [0.15, 0.2) is 22.6 Å². The number of aliphatic carboxylic acids is 1. The molecule has 21 heavy (non-hydrogen) atoms. The van der Waals surface area contributed by atoms with Crippen LogP contribution in [0.2, 0.25) is 0 Å². The Morgan fingerprint density at radius 2 is 2.19 bits per heavy atom. The van der Waals surface area contributed by atoms with Gasteiger partial charge in [-0.1, -0.05) is 0 Å². The van der Waals surface area contributed by atoms with E-state index in [1.165, 1.54) is 4.90 Å². The molecule has 1 amide bonds. The Kier molecular flexibility index (Phi) is 2.97. The van der Waals surface area contributed by atoms with Crippen molar-refractivity contribution in [3.05, 3.63) is 29.7 Å². The molecule has 0 radical (unpaired) electrons. The second kappa shape index (κ2) is 4.58. The molecule has 3 rings (SSSR count). The van der Waals surface area contributed by atoms with Crippen LogP contribution in [-0.2, 0) is 4.79 Å². The van der Waals surface area contributed by atoms with Crippen LogP contribution in [0.4, 0.5) is 0 Å². The van der Waals surface area contributed by atoms with Crippen molar-refractivity contribution in [3.8, 4) is 0 Å². The van der Waals surface area contributed by atoms with E-state index in [0.717, 1.165) is 5.69 Å². The lowest BCUT2D eigenvalue weighted by atomic mass is 9.90. The third-order valence-corrected chi connectivity index (χ3v) is 4.00. The van der Waals surface area contributed by atoms with E-state index in [9.17, 15) is 14.7 Å². The zero-order valence-electron chi connectivity index (χ0n) is 11.9. The third-order valence-electron chi connectivity index (χ3n) is 4.00. The van der Waals surface area contributed by atoms with E-state index < -0.39 is 11.4 Å². The number of furan rings is 1. The first-order valence-corrected chi connectivity index (χ1v) is 6.79. The van der Waals surface area contributed by atoms with Gasteiger partial charge in [0, 0.05) is 24.8 Å². The molecular formula is C15H16N2O4. The number of carboxylic acids is 1. The summed E-state index contributed by atoms with van der Waals surface area (Å²) >= 11 is 0. The van der Waals surface area contributed by atoms with Crippen LogP contribution in [0.25, 0.3) is 11.1 Å². The van der Waals surface area contributed by atoms with Crippen LogP contribution in [0.3, 0.4) is 0 Å². The van der Waals surface area contributed by atoms with Crippen molar-refractivity contribution in [2.75, 3.05) is 13.1 Å². The number of hydrogen-bond acceptors (Lipinski definition) is 4. The number of fused-ring (bicyclic) bond motifs is 1. The summed E-state index contributed by atoms with van der Waals surface area (Å²) in [6.45, 7) is 4.15. The molecule has 0 spiro atoms. The number of carboxylic acid groups (broad SMARTS) is 1. The van der Waals surface area contributed by atoms with Gasteiger partial charge in [0.05, 0.1) is 5.41 Å². The molecule has 1 aliphatic heterocycles. The van der Waals surface area contributed by atoms with Crippen molar-refractivity contribution in [1.82, 2.24) is 9.88 Å². The Morgan fingerprint density at radius 3 is 2.86 bits per heavy atom. The molecule has 1 saturated heterocycles. The monoisotopic (exact) mass is 288 g/mol. The molecule has 1 aliphatic rings. The maximum absolute atomic E-state index is 12.4. The molecule has 1 fully saturated rings. The van der Waals surface area contributed by atoms with E-state index >= 15 is 0 Å². The summed E-state index contributed by atoms with van der Waals surface area (Å²) in [7, 11) is 0. The predicted molar refractivity (Wildman–Crippen MR) is 75.0 cm³/mol. The molecule has 1 N–H and O–H groups in total. The second-order valence-electron chi connectivity index (χ2n) is 5.79. The molecule has 1 atom stereocenters. The lowest BCUT2D eigenvalue weighted by molar-refractivity contribution is -0.147. The molecule has 2 aromatic rings. The van der Waals surface area contributed by atoms with Crippen molar-refractivity contribution >= 4 is 23.0 Å². The summed E-state index contributed by atoms with van der Waals surface area (Å²) in [6.07, 6.45) is 0.450. The number of aromatic nitrogens is 1. The van der Waals surface area contributed by atoms with E-state index in [1.54, 1.807) is 19.1 Å². The van der Waals surface area contributed by atoms with Crippen molar-refractivity contribution in [3.63, 3.8) is 0 Å². The van der Waals surface area contributed by atoms with Crippen LogP contribution in [0, 0.1) is 12.3 Å². The van der Waals surface area contributed by atoms with E-state index in [-0.39, 0.29) is 18.2 Å². The number of carbonyl (C=O) groups is 2. The van der Waals surface area contributed by atoms with E-state index in [1.807, 2.05) is 13.0 Å². The fraction of sp³-hybridized carbons (Fsp3) is 0.400. The fourth-order valence-electron chi connectivity index (χ4n) is 2.60. The van der Waals surface area contributed by atoms with Gasteiger partial charge in [-0.15, -0.1) is 0 Å². The quantitative estimate of drug-likeness (QED) is 0.914. The highest BCUT2D eigenvalue weighted by atomic mass is 16.4. The summed E-state index contributed by atoms with van der Waals surface area (Å²) in [5.74, 6) is -0.951. The zero-order chi connectivity index (χ0) is 15.2. The van der Waals surface area contributed by atoms with Gasteiger partial charge in [0.2, 0.25) is 0 Å². The molecular weight excluding hydrogens is 272 g/mol. The topological polar surface area (TPSA) is 83.6 Å². The normalized spacial score (nSPS) is 21.9. The first-order chi connectivity index (χ1) is 9.89. The largest absolute Gasteiger partial charge is 0.481 e. The minimum Gasteiger partial charge on any atom is -0.481 e. The standard InChI is InChI=1S/C15H16N2O4/c1-9-3-4-11-10(16-9)7-12(21-11)13(18)17-6-5-15(2,8-17)14(19)20/h3-4,7H,5-6,8H2,1-2H3,(H,19,20). The number of carbonyl (C=O) groups excluding carboxylic acids is 1. The van der Waals surface area contributed by atoms with E-state index in [0.29, 0.717) is 24.1 Å². The Balaban J connectivity index is 1.86. The van der Waals surface area contributed by atoms with Crippen LogP contribution >= 0.6 is 0 Å². The van der Waals surface area contributed by atoms with Crippen molar-refractivity contribution in [2.24, 2.45) is 5.41 Å². The smallest absolute Gasteiger partial charge is 0.311 e. The van der Waals surface area contributed by atoms with Crippen LogP contribution in [-0.4, -0.2) is 40.0 Å². The number of amides is 1. The number of nitrogens with zero attached hydrogens (tertiary/aromatic N) is 2. The van der Waals surface area contributed by atoms with Crippen molar-refractivity contribution in [1.29, 1.82) is 0 Å². The maximum atomic E-state index is 12.4.